The first-order chi connectivity index (χ1) is 11.9. The summed E-state index contributed by atoms with van der Waals surface area (Å²) in [5.74, 6) is 2.12. The number of carbonyl (C=O) groups excluding carboxylic acids is 1. The number of amides is 1. The van der Waals surface area contributed by atoms with Crippen LogP contribution in [0.2, 0.25) is 0 Å². The van der Waals surface area contributed by atoms with Crippen LogP contribution in [0, 0.1) is 0 Å². The van der Waals surface area contributed by atoms with Gasteiger partial charge in [0.25, 0.3) is 0 Å². The molecule has 1 aliphatic heterocycles. The SMILES string of the molecule is CC(C)OCC(=O)N(C)Cc1cc(N(C)C)nc(C2CCNCC2)n1. The van der Waals surface area contributed by atoms with Crippen molar-refractivity contribution in [2.75, 3.05) is 45.7 Å². The lowest BCUT2D eigenvalue weighted by atomic mass is 9.97. The highest BCUT2D eigenvalue weighted by molar-refractivity contribution is 5.77. The second-order valence-electron chi connectivity index (χ2n) is 7.10. The number of rotatable bonds is 7. The van der Waals surface area contributed by atoms with Crippen molar-refractivity contribution in [2.45, 2.75) is 45.3 Å². The number of hydrogen-bond donors (Lipinski definition) is 1. The molecule has 7 heteroatoms. The molecule has 0 radical (unpaired) electrons. The molecule has 1 N–H and O–H groups in total. The van der Waals surface area contributed by atoms with E-state index in [4.69, 9.17) is 14.7 Å². The van der Waals surface area contributed by atoms with E-state index in [1.807, 2.05) is 38.9 Å². The number of anilines is 1. The molecule has 7 nitrogen and oxygen atoms in total. The Kier molecular flexibility index (Phi) is 7.13. The summed E-state index contributed by atoms with van der Waals surface area (Å²) in [4.78, 5) is 25.3. The van der Waals surface area contributed by atoms with E-state index in [1.165, 1.54) is 0 Å². The first-order valence-corrected chi connectivity index (χ1v) is 8.98. The zero-order valence-electron chi connectivity index (χ0n) is 16.1. The number of nitrogens with one attached hydrogen (secondary N) is 1. The van der Waals surface area contributed by atoms with Crippen LogP contribution in [0.1, 0.15) is 44.1 Å². The molecule has 1 saturated heterocycles. The Morgan fingerprint density at radius 1 is 1.28 bits per heavy atom. The van der Waals surface area contributed by atoms with Crippen LogP contribution in [-0.4, -0.2) is 67.7 Å². The molecule has 2 heterocycles. The largest absolute Gasteiger partial charge is 0.369 e. The minimum absolute atomic E-state index is 0.0397. The maximum atomic E-state index is 12.2. The van der Waals surface area contributed by atoms with Gasteiger partial charge in [-0.1, -0.05) is 0 Å². The van der Waals surface area contributed by atoms with Gasteiger partial charge in [-0.15, -0.1) is 0 Å². The van der Waals surface area contributed by atoms with Gasteiger partial charge in [0.15, 0.2) is 0 Å². The highest BCUT2D eigenvalue weighted by Gasteiger charge is 2.20. The summed E-state index contributed by atoms with van der Waals surface area (Å²) in [7, 11) is 5.74. The van der Waals surface area contributed by atoms with Gasteiger partial charge < -0.3 is 19.9 Å². The lowest BCUT2D eigenvalue weighted by molar-refractivity contribution is -0.136. The summed E-state index contributed by atoms with van der Waals surface area (Å²) >= 11 is 0. The Hall–Kier alpha value is -1.73. The number of carbonyl (C=O) groups is 1. The standard InChI is InChI=1S/C18H31N5O2/c1-13(2)25-12-17(24)23(5)11-15-10-16(22(3)4)21-18(20-15)14-6-8-19-9-7-14/h10,13-14,19H,6-9,11-12H2,1-5H3. The molecule has 1 aromatic rings. The number of likely N-dealkylation sites (N-methyl/N-ethyl adjacent to an activating group) is 1. The normalized spacial score (nSPS) is 15.4. The predicted molar refractivity (Wildman–Crippen MR) is 98.8 cm³/mol. The van der Waals surface area contributed by atoms with Crippen LogP contribution in [0.15, 0.2) is 6.07 Å². The lowest BCUT2D eigenvalue weighted by Gasteiger charge is -2.24. The average Bonchev–Trinajstić information content (AvgIpc) is 2.60. The van der Waals surface area contributed by atoms with E-state index in [0.717, 1.165) is 43.3 Å². The smallest absolute Gasteiger partial charge is 0.248 e. The molecule has 1 fully saturated rings. The fourth-order valence-electron chi connectivity index (χ4n) is 2.76. The molecule has 2 rings (SSSR count). The second-order valence-corrected chi connectivity index (χ2v) is 7.10. The molecule has 140 valence electrons. The molecular weight excluding hydrogens is 318 g/mol. The first-order valence-electron chi connectivity index (χ1n) is 8.98. The second kappa shape index (κ2) is 9.10. The first kappa shape index (κ1) is 19.6. The van der Waals surface area contributed by atoms with E-state index < -0.39 is 0 Å². The zero-order chi connectivity index (χ0) is 18.4. The number of ether oxygens (including phenoxy) is 1. The van der Waals surface area contributed by atoms with Crippen molar-refractivity contribution >= 4 is 11.7 Å². The van der Waals surface area contributed by atoms with Crippen molar-refractivity contribution in [3.8, 4) is 0 Å². The van der Waals surface area contributed by atoms with Crippen LogP contribution in [0.3, 0.4) is 0 Å². The summed E-state index contributed by atoms with van der Waals surface area (Å²) in [6.45, 7) is 6.41. The third-order valence-electron chi connectivity index (χ3n) is 4.31. The number of piperidine rings is 1. The van der Waals surface area contributed by atoms with E-state index in [-0.39, 0.29) is 18.6 Å². The van der Waals surface area contributed by atoms with Crippen molar-refractivity contribution < 1.29 is 9.53 Å². The van der Waals surface area contributed by atoms with E-state index >= 15 is 0 Å². The van der Waals surface area contributed by atoms with Crippen molar-refractivity contribution in [3.63, 3.8) is 0 Å². The van der Waals surface area contributed by atoms with Crippen molar-refractivity contribution in [3.05, 3.63) is 17.6 Å². The minimum Gasteiger partial charge on any atom is -0.369 e. The molecule has 0 bridgehead atoms. The highest BCUT2D eigenvalue weighted by atomic mass is 16.5. The maximum absolute atomic E-state index is 12.2. The fraction of sp³-hybridized carbons (Fsp3) is 0.722. The molecule has 1 aromatic heterocycles. The van der Waals surface area contributed by atoms with Crippen LogP contribution in [-0.2, 0) is 16.1 Å². The van der Waals surface area contributed by atoms with Gasteiger partial charge in [0.1, 0.15) is 18.2 Å². The Balaban J connectivity index is 2.12. The molecule has 0 spiro atoms. The summed E-state index contributed by atoms with van der Waals surface area (Å²) in [6.07, 6.45) is 2.14. The van der Waals surface area contributed by atoms with E-state index in [1.54, 1.807) is 11.9 Å². The van der Waals surface area contributed by atoms with Gasteiger partial charge in [-0.2, -0.15) is 0 Å². The summed E-state index contributed by atoms with van der Waals surface area (Å²) in [6, 6.07) is 1.96. The van der Waals surface area contributed by atoms with Gasteiger partial charge >= 0.3 is 0 Å². The summed E-state index contributed by atoms with van der Waals surface area (Å²) in [5.41, 5.74) is 0.868. The van der Waals surface area contributed by atoms with Crippen LogP contribution in [0.4, 0.5) is 5.82 Å². The molecule has 1 amide bonds. The number of aromatic nitrogens is 2. The molecule has 0 aromatic carbocycles. The molecule has 25 heavy (non-hydrogen) atoms. The van der Waals surface area contributed by atoms with Gasteiger partial charge in [-0.3, -0.25) is 4.79 Å². The van der Waals surface area contributed by atoms with Crippen LogP contribution in [0.5, 0.6) is 0 Å². The lowest BCUT2D eigenvalue weighted by Crippen LogP contribution is -2.32. The van der Waals surface area contributed by atoms with Crippen LogP contribution < -0.4 is 10.2 Å². The molecule has 0 saturated carbocycles. The third-order valence-corrected chi connectivity index (χ3v) is 4.31. The number of nitrogens with zero attached hydrogens (tertiary/aromatic N) is 4. The number of hydrogen-bond acceptors (Lipinski definition) is 6. The van der Waals surface area contributed by atoms with Gasteiger partial charge in [0.2, 0.25) is 5.91 Å². The predicted octanol–water partition coefficient (Wildman–Crippen LogP) is 1.39. The Bertz CT molecular complexity index is 571. The molecule has 0 unspecified atom stereocenters. The van der Waals surface area contributed by atoms with Crippen LogP contribution in [0.25, 0.3) is 0 Å². The quantitative estimate of drug-likeness (QED) is 0.802. The van der Waals surface area contributed by atoms with Crippen LogP contribution >= 0.6 is 0 Å². The summed E-state index contributed by atoms with van der Waals surface area (Å²) < 4.78 is 5.40. The van der Waals surface area contributed by atoms with Gasteiger partial charge in [0.05, 0.1) is 18.3 Å². The molecule has 1 aliphatic rings. The highest BCUT2D eigenvalue weighted by Crippen LogP contribution is 2.24. The Labute approximate surface area is 150 Å². The molecule has 0 atom stereocenters. The fourth-order valence-corrected chi connectivity index (χ4v) is 2.76. The Morgan fingerprint density at radius 3 is 2.56 bits per heavy atom. The van der Waals surface area contributed by atoms with E-state index in [0.29, 0.717) is 12.5 Å². The van der Waals surface area contributed by atoms with Gasteiger partial charge in [-0.05, 0) is 39.8 Å². The summed E-state index contributed by atoms with van der Waals surface area (Å²) in [5, 5.41) is 3.37. The molecular formula is C18H31N5O2. The van der Waals surface area contributed by atoms with Crippen molar-refractivity contribution in [2.24, 2.45) is 0 Å². The zero-order valence-corrected chi connectivity index (χ0v) is 16.1. The van der Waals surface area contributed by atoms with Crippen molar-refractivity contribution in [1.29, 1.82) is 0 Å². The Morgan fingerprint density at radius 2 is 1.96 bits per heavy atom. The topological polar surface area (TPSA) is 70.6 Å². The minimum atomic E-state index is -0.0397. The maximum Gasteiger partial charge on any atom is 0.248 e. The monoisotopic (exact) mass is 349 g/mol. The van der Waals surface area contributed by atoms with Gasteiger partial charge in [0, 0.05) is 33.1 Å². The van der Waals surface area contributed by atoms with E-state index in [9.17, 15) is 4.79 Å². The van der Waals surface area contributed by atoms with Crippen molar-refractivity contribution in [1.82, 2.24) is 20.2 Å². The third kappa shape index (κ3) is 5.93. The van der Waals surface area contributed by atoms with E-state index in [2.05, 4.69) is 5.32 Å². The molecule has 0 aliphatic carbocycles. The average molecular weight is 349 g/mol. The van der Waals surface area contributed by atoms with Gasteiger partial charge in [-0.25, -0.2) is 9.97 Å².